The largest absolute Gasteiger partial charge is 0.444 e. The summed E-state index contributed by atoms with van der Waals surface area (Å²) in [6, 6.07) is 5.11. The van der Waals surface area contributed by atoms with E-state index in [9.17, 15) is 9.59 Å². The minimum absolute atomic E-state index is 0.00302. The van der Waals surface area contributed by atoms with Crippen LogP contribution in [0.4, 0.5) is 10.5 Å². The molecule has 4 nitrogen and oxygen atoms in total. The summed E-state index contributed by atoms with van der Waals surface area (Å²) in [5.41, 5.74) is 0.721. The third-order valence-corrected chi connectivity index (χ3v) is 2.90. The van der Waals surface area contributed by atoms with Gasteiger partial charge in [0.05, 0.1) is 5.69 Å². The molecule has 0 saturated carbocycles. The maximum atomic E-state index is 11.6. The van der Waals surface area contributed by atoms with Crippen LogP contribution >= 0.6 is 22.6 Å². The molecule has 0 aliphatic carbocycles. The molecule has 0 spiro atoms. The van der Waals surface area contributed by atoms with Gasteiger partial charge in [0.15, 0.2) is 5.78 Å². The van der Waals surface area contributed by atoms with Gasteiger partial charge in [-0.05, 0) is 68.5 Å². The van der Waals surface area contributed by atoms with E-state index in [-0.39, 0.29) is 5.78 Å². The highest BCUT2D eigenvalue weighted by Gasteiger charge is 2.17. The molecule has 0 saturated heterocycles. The zero-order valence-electron chi connectivity index (χ0n) is 10.8. The molecule has 0 bridgehead atoms. The van der Waals surface area contributed by atoms with Gasteiger partial charge in [0.25, 0.3) is 0 Å². The van der Waals surface area contributed by atoms with Crippen LogP contribution in [0.3, 0.4) is 0 Å². The molecule has 1 aromatic carbocycles. The van der Waals surface area contributed by atoms with E-state index in [1.54, 1.807) is 39.0 Å². The van der Waals surface area contributed by atoms with Crippen LogP contribution in [-0.4, -0.2) is 17.5 Å². The van der Waals surface area contributed by atoms with Gasteiger partial charge in [-0.3, -0.25) is 10.1 Å². The molecule has 0 heterocycles. The summed E-state index contributed by atoms with van der Waals surface area (Å²) in [7, 11) is 0. The molecule has 0 radical (unpaired) electrons. The Kier molecular flexibility index (Phi) is 4.72. The number of ether oxygens (including phenoxy) is 1. The van der Waals surface area contributed by atoms with Crippen LogP contribution in [0.5, 0.6) is 0 Å². The van der Waals surface area contributed by atoms with Gasteiger partial charge in [-0.25, -0.2) is 4.79 Å². The van der Waals surface area contributed by atoms with Crippen molar-refractivity contribution in [1.82, 2.24) is 0 Å². The standard InChI is InChI=1S/C13H16INO3/c1-8(16)9-5-6-11(10(14)7-9)15-12(17)18-13(2,3)4/h5-7H,1-4H3,(H,15,17). The Balaban J connectivity index is 2.80. The van der Waals surface area contributed by atoms with Crippen molar-refractivity contribution in [2.24, 2.45) is 0 Å². The fourth-order valence-electron chi connectivity index (χ4n) is 1.25. The van der Waals surface area contributed by atoms with Crippen molar-refractivity contribution >= 4 is 40.2 Å². The number of carbonyl (C=O) groups excluding carboxylic acids is 2. The normalized spacial score (nSPS) is 10.9. The lowest BCUT2D eigenvalue weighted by molar-refractivity contribution is 0.0635. The molecular formula is C13H16INO3. The van der Waals surface area contributed by atoms with E-state index in [4.69, 9.17) is 4.74 Å². The molecule has 18 heavy (non-hydrogen) atoms. The third kappa shape index (κ3) is 4.64. The van der Waals surface area contributed by atoms with E-state index in [0.29, 0.717) is 11.3 Å². The SMILES string of the molecule is CC(=O)c1ccc(NC(=O)OC(C)(C)C)c(I)c1. The van der Waals surface area contributed by atoms with Gasteiger partial charge in [0, 0.05) is 9.13 Å². The highest BCUT2D eigenvalue weighted by atomic mass is 127. The molecule has 0 atom stereocenters. The zero-order chi connectivity index (χ0) is 13.9. The van der Waals surface area contributed by atoms with Crippen LogP contribution in [-0.2, 0) is 4.74 Å². The summed E-state index contributed by atoms with van der Waals surface area (Å²) in [5.74, 6) is -0.00302. The quantitative estimate of drug-likeness (QED) is 0.643. The van der Waals surface area contributed by atoms with Crippen molar-refractivity contribution in [3.63, 3.8) is 0 Å². The lowest BCUT2D eigenvalue weighted by Gasteiger charge is -2.20. The van der Waals surface area contributed by atoms with Crippen LogP contribution in [0.1, 0.15) is 38.1 Å². The third-order valence-electron chi connectivity index (χ3n) is 2.01. The van der Waals surface area contributed by atoms with Crippen LogP contribution in [0, 0.1) is 3.57 Å². The predicted molar refractivity (Wildman–Crippen MR) is 79.0 cm³/mol. The monoisotopic (exact) mass is 361 g/mol. The van der Waals surface area contributed by atoms with Crippen molar-refractivity contribution in [2.45, 2.75) is 33.3 Å². The zero-order valence-corrected chi connectivity index (χ0v) is 13.0. The summed E-state index contributed by atoms with van der Waals surface area (Å²) in [5, 5.41) is 2.65. The van der Waals surface area contributed by atoms with Gasteiger partial charge in [-0.15, -0.1) is 0 Å². The molecule has 1 aromatic rings. The highest BCUT2D eigenvalue weighted by molar-refractivity contribution is 14.1. The Morgan fingerprint density at radius 3 is 2.33 bits per heavy atom. The molecule has 98 valence electrons. The average molecular weight is 361 g/mol. The van der Waals surface area contributed by atoms with Gasteiger partial charge < -0.3 is 4.74 Å². The molecule has 0 fully saturated rings. The molecule has 1 amide bonds. The number of hydrogen-bond donors (Lipinski definition) is 1. The second kappa shape index (κ2) is 5.69. The average Bonchev–Trinajstić information content (AvgIpc) is 2.17. The fourth-order valence-corrected chi connectivity index (χ4v) is 1.90. The van der Waals surface area contributed by atoms with E-state index in [0.717, 1.165) is 3.57 Å². The first-order valence-electron chi connectivity index (χ1n) is 5.49. The van der Waals surface area contributed by atoms with E-state index in [1.807, 2.05) is 0 Å². The van der Waals surface area contributed by atoms with Crippen LogP contribution in [0.15, 0.2) is 18.2 Å². The topological polar surface area (TPSA) is 55.4 Å². The van der Waals surface area contributed by atoms with E-state index in [2.05, 4.69) is 27.9 Å². The molecule has 5 heteroatoms. The Labute approximate surface area is 120 Å². The van der Waals surface area contributed by atoms with Crippen molar-refractivity contribution in [3.8, 4) is 0 Å². The molecule has 1 rings (SSSR count). The molecule has 0 aliphatic heterocycles. The summed E-state index contributed by atoms with van der Waals surface area (Å²) >= 11 is 2.07. The van der Waals surface area contributed by atoms with Gasteiger partial charge >= 0.3 is 6.09 Å². The Morgan fingerprint density at radius 1 is 1.28 bits per heavy atom. The molecule has 0 aliphatic rings. The molecule has 0 aromatic heterocycles. The molecule has 1 N–H and O–H groups in total. The maximum Gasteiger partial charge on any atom is 0.412 e. The number of Topliss-reactive ketones (excluding diaryl/α,β-unsaturated/α-hetero) is 1. The summed E-state index contributed by atoms with van der Waals surface area (Å²) in [4.78, 5) is 22.8. The van der Waals surface area contributed by atoms with Gasteiger partial charge in [-0.2, -0.15) is 0 Å². The van der Waals surface area contributed by atoms with Crippen molar-refractivity contribution in [2.75, 3.05) is 5.32 Å². The Morgan fingerprint density at radius 2 is 1.89 bits per heavy atom. The second-order valence-corrected chi connectivity index (χ2v) is 6.04. The van der Waals surface area contributed by atoms with Gasteiger partial charge in [0.2, 0.25) is 0 Å². The lowest BCUT2D eigenvalue weighted by atomic mass is 10.1. The number of ketones is 1. The summed E-state index contributed by atoms with van der Waals surface area (Å²) in [6.45, 7) is 6.91. The first-order valence-corrected chi connectivity index (χ1v) is 6.57. The molecular weight excluding hydrogens is 345 g/mol. The van der Waals surface area contributed by atoms with Crippen molar-refractivity contribution in [1.29, 1.82) is 0 Å². The number of carbonyl (C=O) groups is 2. The van der Waals surface area contributed by atoms with Crippen LogP contribution in [0.25, 0.3) is 0 Å². The number of halogens is 1. The van der Waals surface area contributed by atoms with Crippen molar-refractivity contribution < 1.29 is 14.3 Å². The fraction of sp³-hybridized carbons (Fsp3) is 0.385. The summed E-state index contributed by atoms with van der Waals surface area (Å²) in [6.07, 6.45) is -0.504. The number of rotatable bonds is 2. The number of anilines is 1. The van der Waals surface area contributed by atoms with E-state index >= 15 is 0 Å². The predicted octanol–water partition coefficient (Wildman–Crippen LogP) is 3.84. The van der Waals surface area contributed by atoms with Gasteiger partial charge in [0.1, 0.15) is 5.60 Å². The summed E-state index contributed by atoms with van der Waals surface area (Å²) < 4.78 is 5.95. The highest BCUT2D eigenvalue weighted by Crippen LogP contribution is 2.21. The smallest absolute Gasteiger partial charge is 0.412 e. The van der Waals surface area contributed by atoms with Crippen LogP contribution < -0.4 is 5.32 Å². The minimum Gasteiger partial charge on any atom is -0.444 e. The number of benzene rings is 1. The van der Waals surface area contributed by atoms with E-state index < -0.39 is 11.7 Å². The molecule has 0 unspecified atom stereocenters. The van der Waals surface area contributed by atoms with Crippen molar-refractivity contribution in [3.05, 3.63) is 27.3 Å². The second-order valence-electron chi connectivity index (χ2n) is 4.88. The Hall–Kier alpha value is -1.11. The Bertz CT molecular complexity index is 478. The van der Waals surface area contributed by atoms with E-state index in [1.165, 1.54) is 6.92 Å². The minimum atomic E-state index is -0.533. The number of amides is 1. The van der Waals surface area contributed by atoms with Crippen LogP contribution in [0.2, 0.25) is 0 Å². The number of hydrogen-bond acceptors (Lipinski definition) is 3. The first-order chi connectivity index (χ1) is 8.19. The lowest BCUT2D eigenvalue weighted by Crippen LogP contribution is -2.27. The number of nitrogens with one attached hydrogen (secondary N) is 1. The maximum absolute atomic E-state index is 11.6. The first kappa shape index (κ1) is 14.9. The van der Waals surface area contributed by atoms with Gasteiger partial charge in [-0.1, -0.05) is 0 Å².